The molecular formula is C19H20N4O2S2. The average molecular weight is 401 g/mol. The van der Waals surface area contributed by atoms with Gasteiger partial charge < -0.3 is 0 Å². The molecule has 0 bridgehead atoms. The molecule has 6 nitrogen and oxygen atoms in total. The molecule has 0 aliphatic carbocycles. The van der Waals surface area contributed by atoms with Crippen LogP contribution in [0.1, 0.15) is 25.7 Å². The summed E-state index contributed by atoms with van der Waals surface area (Å²) >= 11 is 1.49. The number of hydrogen-bond donors (Lipinski definition) is 0. The van der Waals surface area contributed by atoms with Crippen molar-refractivity contribution in [1.82, 2.24) is 19.3 Å². The van der Waals surface area contributed by atoms with Gasteiger partial charge in [0.25, 0.3) is 0 Å². The molecule has 0 amide bonds. The molecule has 0 spiro atoms. The van der Waals surface area contributed by atoms with Crippen LogP contribution in [0.15, 0.2) is 53.1 Å². The van der Waals surface area contributed by atoms with E-state index in [4.69, 9.17) is 0 Å². The van der Waals surface area contributed by atoms with Crippen LogP contribution < -0.4 is 0 Å². The summed E-state index contributed by atoms with van der Waals surface area (Å²) in [7, 11) is -3.42. The second kappa shape index (κ2) is 7.84. The fraction of sp³-hybridized carbons (Fsp3) is 0.316. The number of thiazole rings is 1. The predicted molar refractivity (Wildman–Crippen MR) is 106 cm³/mol. The third-order valence-electron chi connectivity index (χ3n) is 4.64. The van der Waals surface area contributed by atoms with Crippen LogP contribution in [-0.2, 0) is 10.0 Å². The van der Waals surface area contributed by atoms with Crippen LogP contribution in [0.5, 0.6) is 0 Å². The first-order valence-electron chi connectivity index (χ1n) is 8.97. The number of benzene rings is 1. The van der Waals surface area contributed by atoms with E-state index in [1.54, 1.807) is 35.0 Å². The number of sulfonamides is 1. The van der Waals surface area contributed by atoms with Gasteiger partial charge in [0, 0.05) is 36.4 Å². The van der Waals surface area contributed by atoms with E-state index in [1.807, 2.05) is 17.5 Å². The Morgan fingerprint density at radius 2 is 1.67 bits per heavy atom. The summed E-state index contributed by atoms with van der Waals surface area (Å²) in [5.74, 6) is 0. The molecule has 1 saturated heterocycles. The third kappa shape index (κ3) is 3.92. The normalized spacial score (nSPS) is 16.1. The smallest absolute Gasteiger partial charge is 0.243 e. The lowest BCUT2D eigenvalue weighted by Crippen LogP contribution is -2.31. The van der Waals surface area contributed by atoms with Crippen LogP contribution in [0, 0.1) is 0 Å². The van der Waals surface area contributed by atoms with Crippen LogP contribution in [0.4, 0.5) is 0 Å². The molecule has 0 radical (unpaired) electrons. The highest BCUT2D eigenvalue weighted by molar-refractivity contribution is 7.89. The van der Waals surface area contributed by atoms with Gasteiger partial charge in [0.1, 0.15) is 10.7 Å². The number of hydrogen-bond acceptors (Lipinski definition) is 6. The maximum absolute atomic E-state index is 12.9. The van der Waals surface area contributed by atoms with E-state index in [2.05, 4.69) is 15.0 Å². The van der Waals surface area contributed by atoms with Gasteiger partial charge in [0.15, 0.2) is 0 Å². The standard InChI is InChI=1S/C19H20N4O2S2/c24-27(25,23-11-3-1-2-4-12-23)16-7-5-15(6-8-16)18-14-26-19(22-18)17-13-20-9-10-21-17/h5-10,13-14H,1-4,11-12H2. The quantitative estimate of drug-likeness (QED) is 0.665. The van der Waals surface area contributed by atoms with Crippen molar-refractivity contribution in [2.24, 2.45) is 0 Å². The van der Waals surface area contributed by atoms with Gasteiger partial charge in [-0.25, -0.2) is 13.4 Å². The molecule has 0 atom stereocenters. The zero-order valence-corrected chi connectivity index (χ0v) is 16.4. The van der Waals surface area contributed by atoms with Crippen molar-refractivity contribution in [2.75, 3.05) is 13.1 Å². The summed E-state index contributed by atoms with van der Waals surface area (Å²) in [5.41, 5.74) is 2.42. The SMILES string of the molecule is O=S(=O)(c1ccc(-c2csc(-c3cnccn3)n2)cc1)N1CCCCCC1. The molecule has 3 aromatic rings. The molecule has 0 unspecified atom stereocenters. The minimum absolute atomic E-state index is 0.345. The van der Waals surface area contributed by atoms with Crippen molar-refractivity contribution in [3.05, 3.63) is 48.2 Å². The molecule has 1 aliphatic rings. The number of aromatic nitrogens is 3. The second-order valence-electron chi connectivity index (χ2n) is 6.47. The van der Waals surface area contributed by atoms with E-state index < -0.39 is 10.0 Å². The van der Waals surface area contributed by atoms with E-state index in [0.717, 1.165) is 47.6 Å². The Morgan fingerprint density at radius 3 is 2.33 bits per heavy atom. The van der Waals surface area contributed by atoms with Crippen molar-refractivity contribution in [1.29, 1.82) is 0 Å². The van der Waals surface area contributed by atoms with Gasteiger partial charge in [-0.1, -0.05) is 25.0 Å². The Bertz CT molecular complexity index is 994. The molecule has 27 heavy (non-hydrogen) atoms. The zero-order valence-electron chi connectivity index (χ0n) is 14.8. The van der Waals surface area contributed by atoms with Crippen molar-refractivity contribution >= 4 is 21.4 Å². The van der Waals surface area contributed by atoms with Crippen LogP contribution >= 0.6 is 11.3 Å². The van der Waals surface area contributed by atoms with Gasteiger partial charge >= 0.3 is 0 Å². The fourth-order valence-electron chi connectivity index (χ4n) is 3.16. The van der Waals surface area contributed by atoms with Crippen molar-refractivity contribution in [3.63, 3.8) is 0 Å². The highest BCUT2D eigenvalue weighted by Gasteiger charge is 2.25. The fourth-order valence-corrected chi connectivity index (χ4v) is 5.47. The van der Waals surface area contributed by atoms with E-state index >= 15 is 0 Å². The van der Waals surface area contributed by atoms with Crippen molar-refractivity contribution < 1.29 is 8.42 Å². The Balaban J connectivity index is 1.56. The average Bonchev–Trinajstić information content (AvgIpc) is 3.03. The maximum atomic E-state index is 12.9. The lowest BCUT2D eigenvalue weighted by molar-refractivity contribution is 0.424. The summed E-state index contributed by atoms with van der Waals surface area (Å²) in [4.78, 5) is 13.3. The predicted octanol–water partition coefficient (Wildman–Crippen LogP) is 3.83. The summed E-state index contributed by atoms with van der Waals surface area (Å²) in [5, 5.41) is 2.74. The van der Waals surface area contributed by atoms with Crippen LogP contribution in [-0.4, -0.2) is 40.8 Å². The highest BCUT2D eigenvalue weighted by Crippen LogP contribution is 2.29. The van der Waals surface area contributed by atoms with Gasteiger partial charge in [-0.2, -0.15) is 4.31 Å². The van der Waals surface area contributed by atoms with Gasteiger partial charge in [0.05, 0.1) is 16.8 Å². The summed E-state index contributed by atoms with van der Waals surface area (Å²) < 4.78 is 27.4. The zero-order chi connectivity index (χ0) is 18.7. The maximum Gasteiger partial charge on any atom is 0.243 e. The van der Waals surface area contributed by atoms with Crippen molar-refractivity contribution in [3.8, 4) is 22.0 Å². The molecule has 140 valence electrons. The minimum atomic E-state index is -3.42. The van der Waals surface area contributed by atoms with Gasteiger partial charge in [-0.3, -0.25) is 9.97 Å². The monoisotopic (exact) mass is 400 g/mol. The van der Waals surface area contributed by atoms with E-state index in [9.17, 15) is 8.42 Å². The molecule has 0 saturated carbocycles. The number of nitrogens with zero attached hydrogens (tertiary/aromatic N) is 4. The first-order valence-corrected chi connectivity index (χ1v) is 11.3. The molecule has 1 aliphatic heterocycles. The van der Waals surface area contributed by atoms with Gasteiger partial charge in [-0.15, -0.1) is 11.3 Å². The summed E-state index contributed by atoms with van der Waals surface area (Å²) in [6.45, 7) is 1.22. The molecule has 1 fully saturated rings. The molecule has 0 N–H and O–H groups in total. The van der Waals surface area contributed by atoms with Crippen molar-refractivity contribution in [2.45, 2.75) is 30.6 Å². The highest BCUT2D eigenvalue weighted by atomic mass is 32.2. The second-order valence-corrected chi connectivity index (χ2v) is 9.27. The van der Waals surface area contributed by atoms with E-state index in [0.29, 0.717) is 18.0 Å². The largest absolute Gasteiger partial charge is 0.261 e. The van der Waals surface area contributed by atoms with Crippen LogP contribution in [0.2, 0.25) is 0 Å². The van der Waals surface area contributed by atoms with Gasteiger partial charge in [-0.05, 0) is 25.0 Å². The Morgan fingerprint density at radius 1 is 0.926 bits per heavy atom. The summed E-state index contributed by atoms with van der Waals surface area (Å²) in [6, 6.07) is 6.99. The topological polar surface area (TPSA) is 76.0 Å². The lowest BCUT2D eigenvalue weighted by atomic mass is 10.2. The first-order chi connectivity index (χ1) is 13.1. The Kier molecular flexibility index (Phi) is 5.29. The summed E-state index contributed by atoms with van der Waals surface area (Å²) in [6.07, 6.45) is 9.01. The van der Waals surface area contributed by atoms with E-state index in [-0.39, 0.29) is 0 Å². The van der Waals surface area contributed by atoms with E-state index in [1.165, 1.54) is 11.3 Å². The number of rotatable bonds is 4. The molecule has 1 aromatic carbocycles. The first kappa shape index (κ1) is 18.2. The Hall–Kier alpha value is -2.16. The molecule has 3 heterocycles. The lowest BCUT2D eigenvalue weighted by Gasteiger charge is -2.19. The molecule has 4 rings (SSSR count). The van der Waals surface area contributed by atoms with Crippen LogP contribution in [0.3, 0.4) is 0 Å². The molecule has 2 aromatic heterocycles. The minimum Gasteiger partial charge on any atom is -0.261 e. The Labute approximate surface area is 163 Å². The molecule has 8 heteroatoms. The third-order valence-corrected chi connectivity index (χ3v) is 7.42. The molecular weight excluding hydrogens is 380 g/mol. The van der Waals surface area contributed by atoms with Crippen LogP contribution in [0.25, 0.3) is 22.0 Å². The van der Waals surface area contributed by atoms with Gasteiger partial charge in [0.2, 0.25) is 10.0 Å².